The first kappa shape index (κ1) is 20.3. The second-order valence-corrected chi connectivity index (χ2v) is 3.97. The lowest BCUT2D eigenvalue weighted by Gasteiger charge is -2.14. The average Bonchev–Trinajstić information content (AvgIpc) is 2.37. The van der Waals surface area contributed by atoms with Gasteiger partial charge in [0, 0.05) is 18.8 Å². The number of benzene rings is 1. The van der Waals surface area contributed by atoms with Crippen LogP contribution in [0.25, 0.3) is 0 Å². The summed E-state index contributed by atoms with van der Waals surface area (Å²) in [6, 6.07) is 9.72. The van der Waals surface area contributed by atoms with Gasteiger partial charge in [0.05, 0.1) is 6.54 Å². The molecule has 0 aliphatic heterocycles. The van der Waals surface area contributed by atoms with E-state index in [9.17, 15) is 4.79 Å². The molecule has 0 unspecified atom stereocenters. The Bertz CT molecular complexity index is 336. The van der Waals surface area contributed by atoms with Crippen molar-refractivity contribution in [2.45, 2.75) is 6.92 Å². The molecule has 0 aliphatic rings. The molecule has 1 aromatic carbocycles. The highest BCUT2D eigenvalue weighted by atomic mass is 35.5. The van der Waals surface area contributed by atoms with E-state index in [2.05, 4.69) is 22.5 Å². The van der Waals surface area contributed by atoms with Gasteiger partial charge in [0.2, 0.25) is 5.91 Å². The molecule has 0 bridgehead atoms. The van der Waals surface area contributed by atoms with Crippen molar-refractivity contribution < 1.29 is 4.79 Å². The Balaban J connectivity index is 0. The summed E-state index contributed by atoms with van der Waals surface area (Å²) in [4.78, 5) is 13.7. The number of amides is 1. The van der Waals surface area contributed by atoms with Crippen molar-refractivity contribution in [1.82, 2.24) is 10.2 Å². The molecule has 1 aromatic rings. The molecule has 0 radical (unpaired) electrons. The lowest BCUT2D eigenvalue weighted by atomic mass is 10.3. The van der Waals surface area contributed by atoms with Crippen LogP contribution in [0.1, 0.15) is 6.92 Å². The Kier molecular flexibility index (Phi) is 12.9. The maximum atomic E-state index is 11.5. The number of likely N-dealkylation sites (N-methyl/N-ethyl adjacent to an activating group) is 1. The molecule has 4 nitrogen and oxygen atoms in total. The van der Waals surface area contributed by atoms with Crippen LogP contribution in [0.2, 0.25) is 0 Å². The number of carbonyl (C=O) groups excluding carboxylic acids is 1. The summed E-state index contributed by atoms with van der Waals surface area (Å²) in [5.74, 6) is 0.0263. The minimum Gasteiger partial charge on any atom is -0.376 e. The van der Waals surface area contributed by atoms with Gasteiger partial charge in [0.1, 0.15) is 0 Å². The van der Waals surface area contributed by atoms with Gasteiger partial charge in [-0.25, -0.2) is 0 Å². The molecule has 1 rings (SSSR count). The van der Waals surface area contributed by atoms with Gasteiger partial charge < -0.3 is 15.5 Å². The topological polar surface area (TPSA) is 44.4 Å². The molecule has 0 atom stereocenters. The number of anilines is 1. The van der Waals surface area contributed by atoms with Crippen LogP contribution >= 0.6 is 24.8 Å². The third-order valence-corrected chi connectivity index (χ3v) is 2.58. The summed E-state index contributed by atoms with van der Waals surface area (Å²) in [6.45, 7) is 4.99. The zero-order chi connectivity index (χ0) is 12.5. The van der Waals surface area contributed by atoms with E-state index in [0.717, 1.165) is 18.8 Å². The van der Waals surface area contributed by atoms with E-state index in [-0.39, 0.29) is 30.7 Å². The maximum Gasteiger partial charge on any atom is 0.239 e. The highest BCUT2D eigenvalue weighted by Gasteiger charge is 2.00. The Morgan fingerprint density at radius 1 is 1.21 bits per heavy atom. The molecule has 0 fully saturated rings. The molecule has 110 valence electrons. The van der Waals surface area contributed by atoms with Gasteiger partial charge in [-0.1, -0.05) is 25.1 Å². The van der Waals surface area contributed by atoms with Crippen molar-refractivity contribution >= 4 is 36.4 Å². The molecule has 0 saturated carbocycles. The highest BCUT2D eigenvalue weighted by Crippen LogP contribution is 2.03. The summed E-state index contributed by atoms with van der Waals surface area (Å²) < 4.78 is 0. The van der Waals surface area contributed by atoms with Crippen LogP contribution in [-0.4, -0.2) is 44.0 Å². The summed E-state index contributed by atoms with van der Waals surface area (Å²) in [5, 5.41) is 5.95. The van der Waals surface area contributed by atoms with Gasteiger partial charge >= 0.3 is 0 Å². The molecule has 6 heteroatoms. The number of halogens is 2. The summed E-state index contributed by atoms with van der Waals surface area (Å²) in [6.07, 6.45) is 0. The average molecular weight is 308 g/mol. The number of hydrogen-bond acceptors (Lipinski definition) is 3. The number of para-hydroxylation sites is 1. The third-order valence-electron chi connectivity index (χ3n) is 2.58. The Hall–Kier alpha value is -0.970. The van der Waals surface area contributed by atoms with Crippen molar-refractivity contribution in [3.63, 3.8) is 0 Å². The first-order valence-electron chi connectivity index (χ1n) is 5.96. The van der Waals surface area contributed by atoms with E-state index in [1.165, 1.54) is 0 Å². The summed E-state index contributed by atoms with van der Waals surface area (Å²) >= 11 is 0. The fourth-order valence-electron chi connectivity index (χ4n) is 1.35. The molecule has 0 aromatic heterocycles. The fourth-order valence-corrected chi connectivity index (χ4v) is 1.35. The van der Waals surface area contributed by atoms with Crippen LogP contribution in [-0.2, 0) is 4.79 Å². The Morgan fingerprint density at radius 3 is 2.42 bits per heavy atom. The largest absolute Gasteiger partial charge is 0.376 e. The van der Waals surface area contributed by atoms with Gasteiger partial charge in [-0.2, -0.15) is 0 Å². The van der Waals surface area contributed by atoms with Crippen molar-refractivity contribution in [3.05, 3.63) is 30.3 Å². The van der Waals surface area contributed by atoms with E-state index in [4.69, 9.17) is 0 Å². The standard InChI is InChI=1S/C13H21N3O.2ClH/c1-3-16(2)10-9-14-13(17)11-15-12-7-5-4-6-8-12;;/h4-8,15H,3,9-11H2,1-2H3,(H,14,17);2*1H. The molecule has 0 spiro atoms. The van der Waals surface area contributed by atoms with Crippen LogP contribution in [0.3, 0.4) is 0 Å². The zero-order valence-corrected chi connectivity index (χ0v) is 13.0. The second-order valence-electron chi connectivity index (χ2n) is 3.97. The first-order chi connectivity index (χ1) is 8.22. The molecular formula is C13H23Cl2N3O. The van der Waals surface area contributed by atoms with E-state index < -0.39 is 0 Å². The minimum absolute atomic E-state index is 0. The third kappa shape index (κ3) is 9.59. The lowest BCUT2D eigenvalue weighted by molar-refractivity contribution is -0.119. The van der Waals surface area contributed by atoms with Crippen molar-refractivity contribution in [1.29, 1.82) is 0 Å². The molecule has 1 amide bonds. The quantitative estimate of drug-likeness (QED) is 0.810. The van der Waals surface area contributed by atoms with Gasteiger partial charge in [-0.05, 0) is 25.7 Å². The first-order valence-corrected chi connectivity index (χ1v) is 5.96. The van der Waals surface area contributed by atoms with Gasteiger partial charge in [-0.3, -0.25) is 4.79 Å². The van der Waals surface area contributed by atoms with Crippen LogP contribution in [0.5, 0.6) is 0 Å². The SMILES string of the molecule is CCN(C)CCNC(=O)CNc1ccccc1.Cl.Cl. The van der Waals surface area contributed by atoms with E-state index in [1.54, 1.807) is 0 Å². The van der Waals surface area contributed by atoms with Crippen LogP contribution in [0.15, 0.2) is 30.3 Å². The predicted octanol–water partition coefficient (Wildman–Crippen LogP) is 2.01. The predicted molar refractivity (Wildman–Crippen MR) is 85.6 cm³/mol. The zero-order valence-electron chi connectivity index (χ0n) is 11.4. The molecule has 0 aliphatic carbocycles. The Labute approximate surface area is 127 Å². The molecule has 2 N–H and O–H groups in total. The van der Waals surface area contributed by atoms with Crippen molar-refractivity contribution in [2.24, 2.45) is 0 Å². The van der Waals surface area contributed by atoms with Gasteiger partial charge in [0.25, 0.3) is 0 Å². The number of rotatable bonds is 7. The van der Waals surface area contributed by atoms with Crippen molar-refractivity contribution in [3.8, 4) is 0 Å². The van der Waals surface area contributed by atoms with Crippen molar-refractivity contribution in [2.75, 3.05) is 38.5 Å². The van der Waals surface area contributed by atoms with E-state index in [1.807, 2.05) is 37.4 Å². The second kappa shape index (κ2) is 12.1. The monoisotopic (exact) mass is 307 g/mol. The van der Waals surface area contributed by atoms with Crippen LogP contribution in [0, 0.1) is 0 Å². The summed E-state index contributed by atoms with van der Waals surface area (Å²) in [5.41, 5.74) is 0.966. The number of carbonyl (C=O) groups is 1. The molecule has 0 heterocycles. The fraction of sp³-hybridized carbons (Fsp3) is 0.462. The molecular weight excluding hydrogens is 285 g/mol. The number of nitrogens with one attached hydrogen (secondary N) is 2. The Morgan fingerprint density at radius 2 is 1.84 bits per heavy atom. The van der Waals surface area contributed by atoms with E-state index >= 15 is 0 Å². The highest BCUT2D eigenvalue weighted by molar-refractivity contribution is 5.85. The van der Waals surface area contributed by atoms with E-state index in [0.29, 0.717) is 13.1 Å². The number of hydrogen-bond donors (Lipinski definition) is 2. The van der Waals surface area contributed by atoms with Gasteiger partial charge in [0.15, 0.2) is 0 Å². The van der Waals surface area contributed by atoms with Crippen LogP contribution < -0.4 is 10.6 Å². The normalized spacial score (nSPS) is 9.21. The number of nitrogens with zero attached hydrogens (tertiary/aromatic N) is 1. The van der Waals surface area contributed by atoms with Crippen LogP contribution in [0.4, 0.5) is 5.69 Å². The minimum atomic E-state index is 0. The smallest absolute Gasteiger partial charge is 0.239 e. The summed E-state index contributed by atoms with van der Waals surface area (Å²) in [7, 11) is 2.04. The molecule has 19 heavy (non-hydrogen) atoms. The maximum absolute atomic E-state index is 11.5. The lowest BCUT2D eigenvalue weighted by Crippen LogP contribution is -2.35. The van der Waals surface area contributed by atoms with Gasteiger partial charge in [-0.15, -0.1) is 24.8 Å². The molecule has 0 saturated heterocycles.